The molecule has 0 aliphatic rings. The van der Waals surface area contributed by atoms with Crippen molar-refractivity contribution in [2.45, 2.75) is 32.5 Å². The van der Waals surface area contributed by atoms with E-state index in [9.17, 15) is 22.8 Å². The molecule has 0 saturated carbocycles. The minimum atomic E-state index is -4.47. The number of carbonyl (C=O) groups excluding carboxylic acids is 1. The molecule has 0 radical (unpaired) electrons. The molecule has 7 heteroatoms. The second-order valence-corrected chi connectivity index (χ2v) is 4.88. The van der Waals surface area contributed by atoms with Gasteiger partial charge in [0.1, 0.15) is 6.54 Å². The monoisotopic (exact) mass is 303 g/mol. The predicted octanol–water partition coefficient (Wildman–Crippen LogP) is 2.57. The molecule has 0 aliphatic carbocycles. The number of alkyl halides is 3. The maximum absolute atomic E-state index is 12.6. The lowest BCUT2D eigenvalue weighted by Gasteiger charge is -2.25. The van der Waals surface area contributed by atoms with Crippen molar-refractivity contribution in [3.05, 3.63) is 35.4 Å². The highest BCUT2D eigenvalue weighted by Gasteiger charge is 2.30. The first-order valence-electron chi connectivity index (χ1n) is 6.28. The molecule has 0 bridgehead atoms. The second kappa shape index (κ2) is 6.60. The van der Waals surface area contributed by atoms with Crippen LogP contribution in [0.5, 0.6) is 0 Å². The van der Waals surface area contributed by atoms with Crippen LogP contribution in [0.15, 0.2) is 24.3 Å². The number of nitrogens with zero attached hydrogens (tertiary/aromatic N) is 1. The third-order valence-corrected chi connectivity index (χ3v) is 2.86. The van der Waals surface area contributed by atoms with E-state index in [1.807, 2.05) is 0 Å². The summed E-state index contributed by atoms with van der Waals surface area (Å²) >= 11 is 0. The van der Waals surface area contributed by atoms with Gasteiger partial charge in [-0.1, -0.05) is 18.2 Å². The first-order chi connectivity index (χ1) is 9.61. The highest BCUT2D eigenvalue weighted by atomic mass is 19.4. The number of amides is 1. The van der Waals surface area contributed by atoms with Crippen molar-refractivity contribution in [2.24, 2.45) is 0 Å². The molecule has 0 fully saturated rings. The Hall–Kier alpha value is -2.05. The van der Waals surface area contributed by atoms with E-state index in [-0.39, 0.29) is 18.0 Å². The van der Waals surface area contributed by atoms with Crippen molar-refractivity contribution in [3.8, 4) is 0 Å². The lowest BCUT2D eigenvalue weighted by molar-refractivity contribution is -0.145. The van der Waals surface area contributed by atoms with E-state index < -0.39 is 30.2 Å². The van der Waals surface area contributed by atoms with Gasteiger partial charge in [-0.3, -0.25) is 9.59 Å². The van der Waals surface area contributed by atoms with Crippen LogP contribution in [0, 0.1) is 0 Å². The number of benzene rings is 1. The van der Waals surface area contributed by atoms with Crippen LogP contribution >= 0.6 is 0 Å². The molecule has 0 aromatic heterocycles. The zero-order chi connectivity index (χ0) is 16.2. The Morgan fingerprint density at radius 1 is 1.29 bits per heavy atom. The summed E-state index contributed by atoms with van der Waals surface area (Å²) in [6.45, 7) is 2.81. The minimum absolute atomic E-state index is 0.200. The number of halogens is 3. The second-order valence-electron chi connectivity index (χ2n) is 4.88. The molecule has 1 N–H and O–H groups in total. The van der Waals surface area contributed by atoms with Gasteiger partial charge in [-0.25, -0.2) is 0 Å². The molecular weight excluding hydrogens is 287 g/mol. The van der Waals surface area contributed by atoms with E-state index in [0.717, 1.165) is 17.0 Å². The standard InChI is InChI=1S/C14H16F3NO3/c1-9(2)18(8-13(20)21)12(19)7-10-4-3-5-11(6-10)14(15,16)17/h3-6,9H,7-8H2,1-2H3,(H,20,21). The molecule has 4 nitrogen and oxygen atoms in total. The molecule has 1 aromatic rings. The highest BCUT2D eigenvalue weighted by Crippen LogP contribution is 2.29. The molecule has 1 amide bonds. The average Bonchev–Trinajstić information content (AvgIpc) is 2.34. The summed E-state index contributed by atoms with van der Waals surface area (Å²) in [5.41, 5.74) is -0.631. The van der Waals surface area contributed by atoms with Crippen molar-refractivity contribution in [2.75, 3.05) is 6.54 Å². The molecule has 0 aliphatic heterocycles. The summed E-state index contributed by atoms with van der Waals surface area (Å²) in [7, 11) is 0. The Labute approximate surface area is 120 Å². The molecule has 1 rings (SSSR count). The number of carboxylic acids is 1. The lowest BCUT2D eigenvalue weighted by Crippen LogP contribution is -2.41. The number of rotatable bonds is 5. The van der Waals surface area contributed by atoms with E-state index in [4.69, 9.17) is 5.11 Å². The fraction of sp³-hybridized carbons (Fsp3) is 0.429. The Balaban J connectivity index is 2.89. The van der Waals surface area contributed by atoms with Gasteiger partial charge in [-0.15, -0.1) is 0 Å². The molecule has 0 saturated heterocycles. The summed E-state index contributed by atoms with van der Waals surface area (Å²) in [5, 5.41) is 8.76. The van der Waals surface area contributed by atoms with Crippen LogP contribution in [0.1, 0.15) is 25.0 Å². The number of carbonyl (C=O) groups is 2. The van der Waals surface area contributed by atoms with Crippen LogP contribution in [0.3, 0.4) is 0 Å². The van der Waals surface area contributed by atoms with Gasteiger partial charge in [-0.05, 0) is 25.5 Å². The summed E-state index contributed by atoms with van der Waals surface area (Å²) < 4.78 is 37.8. The largest absolute Gasteiger partial charge is 0.480 e. The third-order valence-electron chi connectivity index (χ3n) is 2.86. The van der Waals surface area contributed by atoms with Crippen LogP contribution in [0.2, 0.25) is 0 Å². The fourth-order valence-electron chi connectivity index (χ4n) is 1.84. The Bertz CT molecular complexity index is 526. The average molecular weight is 303 g/mol. The first kappa shape index (κ1) is 17.0. The van der Waals surface area contributed by atoms with E-state index in [2.05, 4.69) is 0 Å². The van der Waals surface area contributed by atoms with Crippen LogP contribution in [-0.2, 0) is 22.2 Å². The van der Waals surface area contributed by atoms with Crippen molar-refractivity contribution in [1.29, 1.82) is 0 Å². The summed E-state index contributed by atoms with van der Waals surface area (Å²) in [4.78, 5) is 23.9. The normalized spacial score (nSPS) is 11.5. The topological polar surface area (TPSA) is 57.6 Å². The maximum Gasteiger partial charge on any atom is 0.416 e. The zero-order valence-electron chi connectivity index (χ0n) is 11.6. The van der Waals surface area contributed by atoms with Gasteiger partial charge in [-0.2, -0.15) is 13.2 Å². The smallest absolute Gasteiger partial charge is 0.416 e. The minimum Gasteiger partial charge on any atom is -0.480 e. The molecule has 0 heterocycles. The molecule has 0 spiro atoms. The van der Waals surface area contributed by atoms with Gasteiger partial charge in [0.2, 0.25) is 5.91 Å². The van der Waals surface area contributed by atoms with E-state index >= 15 is 0 Å². The Morgan fingerprint density at radius 3 is 2.38 bits per heavy atom. The van der Waals surface area contributed by atoms with Crippen LogP contribution in [0.4, 0.5) is 13.2 Å². The van der Waals surface area contributed by atoms with Crippen molar-refractivity contribution in [3.63, 3.8) is 0 Å². The summed E-state index contributed by atoms with van der Waals surface area (Å²) in [6.07, 6.45) is -4.74. The number of aliphatic carboxylic acids is 1. The first-order valence-corrected chi connectivity index (χ1v) is 6.28. The molecule has 0 unspecified atom stereocenters. The third kappa shape index (κ3) is 5.09. The Morgan fingerprint density at radius 2 is 1.90 bits per heavy atom. The van der Waals surface area contributed by atoms with Gasteiger partial charge in [0.15, 0.2) is 0 Å². The molecule has 21 heavy (non-hydrogen) atoms. The zero-order valence-corrected chi connectivity index (χ0v) is 11.6. The summed E-state index contributed by atoms with van der Waals surface area (Å²) in [6, 6.07) is 4.11. The molecule has 0 atom stereocenters. The molecule has 1 aromatic carbocycles. The predicted molar refractivity (Wildman–Crippen MR) is 69.6 cm³/mol. The SMILES string of the molecule is CC(C)N(CC(=O)O)C(=O)Cc1cccc(C(F)(F)F)c1. The van der Waals surface area contributed by atoms with E-state index in [1.165, 1.54) is 12.1 Å². The van der Waals surface area contributed by atoms with Crippen molar-refractivity contribution in [1.82, 2.24) is 4.90 Å². The molecular formula is C14H16F3NO3. The number of hydrogen-bond donors (Lipinski definition) is 1. The number of carboxylic acid groups (broad SMARTS) is 1. The van der Waals surface area contributed by atoms with Crippen molar-refractivity contribution < 1.29 is 27.9 Å². The Kier molecular flexibility index (Phi) is 5.34. The number of hydrogen-bond acceptors (Lipinski definition) is 2. The molecule has 116 valence electrons. The van der Waals surface area contributed by atoms with Gasteiger partial charge >= 0.3 is 12.1 Å². The van der Waals surface area contributed by atoms with Gasteiger partial charge in [0, 0.05) is 6.04 Å². The highest BCUT2D eigenvalue weighted by molar-refractivity contribution is 5.83. The van der Waals surface area contributed by atoms with Gasteiger partial charge in [0.05, 0.1) is 12.0 Å². The quantitative estimate of drug-likeness (QED) is 0.909. The van der Waals surface area contributed by atoms with Gasteiger partial charge < -0.3 is 10.0 Å². The van der Waals surface area contributed by atoms with E-state index in [0.29, 0.717) is 0 Å². The van der Waals surface area contributed by atoms with Crippen LogP contribution in [0.25, 0.3) is 0 Å². The fourth-order valence-corrected chi connectivity index (χ4v) is 1.84. The maximum atomic E-state index is 12.6. The summed E-state index contributed by atoms with van der Waals surface area (Å²) in [5.74, 6) is -1.69. The van der Waals surface area contributed by atoms with E-state index in [1.54, 1.807) is 13.8 Å². The van der Waals surface area contributed by atoms with Gasteiger partial charge in [0.25, 0.3) is 0 Å². The van der Waals surface area contributed by atoms with Crippen LogP contribution in [-0.4, -0.2) is 34.5 Å². The van der Waals surface area contributed by atoms with Crippen LogP contribution < -0.4 is 0 Å². The lowest BCUT2D eigenvalue weighted by atomic mass is 10.1. The van der Waals surface area contributed by atoms with Crippen molar-refractivity contribution >= 4 is 11.9 Å².